The van der Waals surface area contributed by atoms with Crippen LogP contribution in [-0.2, 0) is 16.4 Å². The van der Waals surface area contributed by atoms with E-state index in [1.165, 1.54) is 12.1 Å². The number of carbonyl (C=O) groups is 2. The summed E-state index contributed by atoms with van der Waals surface area (Å²) < 4.78 is 27.1. The van der Waals surface area contributed by atoms with E-state index in [0.717, 1.165) is 37.0 Å². The molecule has 1 heterocycles. The highest BCUT2D eigenvalue weighted by Gasteiger charge is 2.23. The van der Waals surface area contributed by atoms with Crippen LogP contribution in [0.4, 0.5) is 15.4 Å². The molecule has 1 aromatic heterocycles. The van der Waals surface area contributed by atoms with Crippen molar-refractivity contribution in [3.8, 4) is 0 Å². The zero-order chi connectivity index (χ0) is 24.9. The molecular formula is C22H28ClN5O5S. The molecule has 3 rings (SSSR count). The third-order valence-corrected chi connectivity index (χ3v) is 7.36. The van der Waals surface area contributed by atoms with Crippen LogP contribution in [0.15, 0.2) is 29.2 Å². The molecule has 1 fully saturated rings. The first-order valence-corrected chi connectivity index (χ1v) is 12.9. The fraction of sp³-hybridized carbons (Fsp3) is 0.455. The highest BCUT2D eigenvalue weighted by Crippen LogP contribution is 2.24. The van der Waals surface area contributed by atoms with Crippen molar-refractivity contribution in [1.29, 1.82) is 0 Å². The number of aryl methyl sites for hydroxylation is 2. The van der Waals surface area contributed by atoms with Gasteiger partial charge >= 0.3 is 12.1 Å². The van der Waals surface area contributed by atoms with Crippen molar-refractivity contribution in [2.75, 3.05) is 11.4 Å². The van der Waals surface area contributed by atoms with Crippen molar-refractivity contribution >= 4 is 39.6 Å². The predicted octanol–water partition coefficient (Wildman–Crippen LogP) is 3.79. The van der Waals surface area contributed by atoms with E-state index >= 15 is 0 Å². The van der Waals surface area contributed by atoms with E-state index in [-0.39, 0.29) is 34.9 Å². The quantitative estimate of drug-likeness (QED) is 0.515. The van der Waals surface area contributed by atoms with Gasteiger partial charge in [0.15, 0.2) is 11.0 Å². The first kappa shape index (κ1) is 25.7. The van der Waals surface area contributed by atoms with Gasteiger partial charge < -0.3 is 10.4 Å². The third-order valence-electron chi connectivity index (χ3n) is 5.76. The lowest BCUT2D eigenvalue weighted by Crippen LogP contribution is -2.45. The highest BCUT2D eigenvalue weighted by atomic mass is 35.5. The van der Waals surface area contributed by atoms with Gasteiger partial charge in [0.1, 0.15) is 0 Å². The first-order chi connectivity index (χ1) is 16.1. The van der Waals surface area contributed by atoms with Gasteiger partial charge in [-0.15, -0.1) is 0 Å². The van der Waals surface area contributed by atoms with Crippen LogP contribution >= 0.6 is 11.6 Å². The van der Waals surface area contributed by atoms with E-state index in [0.29, 0.717) is 17.0 Å². The predicted molar refractivity (Wildman–Crippen MR) is 128 cm³/mol. The van der Waals surface area contributed by atoms with Gasteiger partial charge in [-0.1, -0.05) is 43.0 Å². The monoisotopic (exact) mass is 509 g/mol. The van der Waals surface area contributed by atoms with Crippen molar-refractivity contribution in [2.45, 2.75) is 63.3 Å². The largest absolute Gasteiger partial charge is 0.465 e. The molecule has 1 aromatic carbocycles. The van der Waals surface area contributed by atoms with Crippen molar-refractivity contribution in [3.05, 3.63) is 46.4 Å². The number of nitrogens with zero attached hydrogens (tertiary/aromatic N) is 3. The maximum atomic E-state index is 12.5. The average Bonchev–Trinajstić information content (AvgIpc) is 2.77. The van der Waals surface area contributed by atoms with E-state index < -0.39 is 22.1 Å². The second-order valence-corrected chi connectivity index (χ2v) is 10.3. The minimum atomic E-state index is -4.03. The number of benzene rings is 1. The average molecular weight is 510 g/mol. The molecule has 3 N–H and O–H groups in total. The summed E-state index contributed by atoms with van der Waals surface area (Å²) in [6.07, 6.45) is 3.89. The molecule has 0 unspecified atom stereocenters. The number of anilines is 1. The smallest absolute Gasteiger partial charge is 0.413 e. The first-order valence-electron chi connectivity index (χ1n) is 11.0. The molecule has 34 heavy (non-hydrogen) atoms. The SMILES string of the molecule is Cc1nc(Cl)c(N(CCc2ccc(S(=O)(=O)NC(=O)NC3CCCCC3)cc2)C(=O)O)nc1C. The van der Waals surface area contributed by atoms with Gasteiger partial charge in [0.2, 0.25) is 0 Å². The number of urea groups is 1. The Kier molecular flexibility index (Phi) is 8.32. The maximum Gasteiger partial charge on any atom is 0.413 e. The Labute approximate surface area is 203 Å². The van der Waals surface area contributed by atoms with Gasteiger partial charge in [-0.25, -0.2) is 32.7 Å². The van der Waals surface area contributed by atoms with Crippen LogP contribution in [0.25, 0.3) is 0 Å². The Morgan fingerprint density at radius 3 is 2.32 bits per heavy atom. The molecule has 0 atom stereocenters. The van der Waals surface area contributed by atoms with Crippen LogP contribution < -0.4 is 14.9 Å². The molecule has 12 heteroatoms. The Morgan fingerprint density at radius 1 is 1.09 bits per heavy atom. The molecule has 184 valence electrons. The van der Waals surface area contributed by atoms with Gasteiger partial charge in [0, 0.05) is 12.6 Å². The molecule has 1 aliphatic rings. The number of carboxylic acid groups (broad SMARTS) is 1. The number of rotatable bonds is 7. The van der Waals surface area contributed by atoms with Crippen LogP contribution in [0.5, 0.6) is 0 Å². The van der Waals surface area contributed by atoms with E-state index in [4.69, 9.17) is 11.6 Å². The summed E-state index contributed by atoms with van der Waals surface area (Å²) in [5.41, 5.74) is 1.88. The van der Waals surface area contributed by atoms with Crippen LogP contribution in [0.2, 0.25) is 5.15 Å². The molecule has 0 saturated heterocycles. The van der Waals surface area contributed by atoms with E-state index in [2.05, 4.69) is 15.3 Å². The molecule has 0 radical (unpaired) electrons. The fourth-order valence-corrected chi connectivity index (χ4v) is 4.93. The molecule has 0 bridgehead atoms. The fourth-order valence-electron chi connectivity index (χ4n) is 3.75. The summed E-state index contributed by atoms with van der Waals surface area (Å²) in [6.45, 7) is 3.48. The van der Waals surface area contributed by atoms with E-state index in [1.54, 1.807) is 26.0 Å². The van der Waals surface area contributed by atoms with E-state index in [1.807, 2.05) is 4.72 Å². The number of halogens is 1. The summed E-state index contributed by atoms with van der Waals surface area (Å²) in [7, 11) is -4.03. The molecular weight excluding hydrogens is 482 g/mol. The van der Waals surface area contributed by atoms with Gasteiger partial charge in [-0.05, 0) is 50.8 Å². The molecule has 0 spiro atoms. The Hall–Kier alpha value is -2.92. The second-order valence-electron chi connectivity index (χ2n) is 8.25. The maximum absolute atomic E-state index is 12.5. The standard InChI is InChI=1S/C22H28ClN5O5S/c1-14-15(2)25-20(19(23)24-14)28(22(30)31)13-12-16-8-10-18(11-9-16)34(32,33)27-21(29)26-17-6-4-3-5-7-17/h8-11,17H,3-7,12-13H2,1-2H3,(H,30,31)(H2,26,27,29). The summed E-state index contributed by atoms with van der Waals surface area (Å²) in [5.74, 6) is 0.0460. The highest BCUT2D eigenvalue weighted by molar-refractivity contribution is 7.90. The molecule has 3 amide bonds. The van der Waals surface area contributed by atoms with E-state index in [9.17, 15) is 23.1 Å². The zero-order valence-electron chi connectivity index (χ0n) is 19.0. The van der Waals surface area contributed by atoms with Crippen molar-refractivity contribution in [1.82, 2.24) is 20.0 Å². The topological polar surface area (TPSA) is 142 Å². The third kappa shape index (κ3) is 6.57. The van der Waals surface area contributed by atoms with Crippen LogP contribution in [0, 0.1) is 13.8 Å². The van der Waals surface area contributed by atoms with Crippen molar-refractivity contribution < 1.29 is 23.1 Å². The summed E-state index contributed by atoms with van der Waals surface area (Å²) in [5, 5.41) is 12.3. The number of amides is 3. The number of hydrogen-bond acceptors (Lipinski definition) is 6. The second kappa shape index (κ2) is 11.0. The normalized spacial score (nSPS) is 14.4. The number of hydrogen-bond donors (Lipinski definition) is 3. The van der Waals surface area contributed by atoms with Crippen LogP contribution in [-0.4, -0.2) is 48.2 Å². The van der Waals surface area contributed by atoms with Crippen molar-refractivity contribution in [2.24, 2.45) is 0 Å². The minimum Gasteiger partial charge on any atom is -0.465 e. The Morgan fingerprint density at radius 2 is 1.71 bits per heavy atom. The number of sulfonamides is 1. The van der Waals surface area contributed by atoms with Gasteiger partial charge in [-0.3, -0.25) is 4.90 Å². The van der Waals surface area contributed by atoms with Crippen molar-refractivity contribution in [3.63, 3.8) is 0 Å². The number of nitrogens with one attached hydrogen (secondary N) is 2. The molecule has 1 aliphatic carbocycles. The summed E-state index contributed by atoms with van der Waals surface area (Å²) in [4.78, 5) is 33.2. The molecule has 0 aliphatic heterocycles. The zero-order valence-corrected chi connectivity index (χ0v) is 20.6. The molecule has 1 saturated carbocycles. The van der Waals surface area contributed by atoms with Gasteiger partial charge in [-0.2, -0.15) is 0 Å². The molecule has 2 aromatic rings. The number of carbonyl (C=O) groups excluding carboxylic acids is 1. The van der Waals surface area contributed by atoms with Crippen LogP contribution in [0.3, 0.4) is 0 Å². The van der Waals surface area contributed by atoms with Gasteiger partial charge in [0.25, 0.3) is 10.0 Å². The summed E-state index contributed by atoms with van der Waals surface area (Å²) in [6, 6.07) is 5.14. The lowest BCUT2D eigenvalue weighted by Gasteiger charge is -2.22. The Bertz CT molecular complexity index is 1150. The lowest BCUT2D eigenvalue weighted by molar-refractivity contribution is 0.201. The summed E-state index contributed by atoms with van der Waals surface area (Å²) >= 11 is 6.11. The minimum absolute atomic E-state index is 0.00970. The van der Waals surface area contributed by atoms with Gasteiger partial charge in [0.05, 0.1) is 16.3 Å². The Balaban J connectivity index is 1.63. The molecule has 10 nitrogen and oxygen atoms in total. The number of aromatic nitrogens is 2. The lowest BCUT2D eigenvalue weighted by atomic mass is 9.96. The van der Waals surface area contributed by atoms with Crippen LogP contribution in [0.1, 0.15) is 49.1 Å².